The summed E-state index contributed by atoms with van der Waals surface area (Å²) in [7, 11) is 0. The van der Waals surface area contributed by atoms with E-state index in [1.807, 2.05) is 24.3 Å². The summed E-state index contributed by atoms with van der Waals surface area (Å²) < 4.78 is 0. The van der Waals surface area contributed by atoms with Crippen molar-refractivity contribution in [2.24, 2.45) is 0 Å². The van der Waals surface area contributed by atoms with Gasteiger partial charge in [0.15, 0.2) is 0 Å². The molecule has 0 saturated carbocycles. The molecule has 0 amide bonds. The first-order valence-corrected chi connectivity index (χ1v) is 6.80. The summed E-state index contributed by atoms with van der Waals surface area (Å²) in [5.74, 6) is 0.534. The van der Waals surface area contributed by atoms with Gasteiger partial charge in [0.25, 0.3) is 0 Å². The van der Waals surface area contributed by atoms with Crippen LogP contribution in [0, 0.1) is 0 Å². The molecule has 0 atom stereocenters. The molecule has 0 unspecified atom stereocenters. The number of fused-ring (bicyclic) bond motifs is 1. The van der Waals surface area contributed by atoms with Crippen molar-refractivity contribution in [1.29, 1.82) is 0 Å². The number of hydrogen-bond donors (Lipinski definition) is 1. The second-order valence-corrected chi connectivity index (χ2v) is 4.71. The van der Waals surface area contributed by atoms with E-state index in [0.717, 1.165) is 16.9 Å². The van der Waals surface area contributed by atoms with Crippen LogP contribution in [-0.2, 0) is 5.88 Å². The zero-order valence-electron chi connectivity index (χ0n) is 10.4. The van der Waals surface area contributed by atoms with Gasteiger partial charge in [-0.15, -0.1) is 11.6 Å². The van der Waals surface area contributed by atoms with Gasteiger partial charge in [0.2, 0.25) is 0 Å². The van der Waals surface area contributed by atoms with Crippen molar-refractivity contribution in [2.45, 2.75) is 5.88 Å². The van der Waals surface area contributed by atoms with E-state index in [9.17, 15) is 0 Å². The lowest BCUT2D eigenvalue weighted by atomic mass is 10.0. The number of hydrogen-bond acceptors (Lipinski definition) is 1. The smallest absolute Gasteiger partial charge is 0.0480 e. The summed E-state index contributed by atoms with van der Waals surface area (Å²) in [6.45, 7) is 0. The third kappa shape index (κ3) is 2.42. The lowest BCUT2D eigenvalue weighted by molar-refractivity contribution is 1.44. The van der Waals surface area contributed by atoms with Gasteiger partial charge >= 0.3 is 0 Å². The molecular weight excluding hydrogens is 254 g/mol. The summed E-state index contributed by atoms with van der Waals surface area (Å²) in [4.78, 5) is 0. The second-order valence-electron chi connectivity index (χ2n) is 4.44. The average Bonchev–Trinajstić information content (AvgIpc) is 2.49. The van der Waals surface area contributed by atoms with Crippen molar-refractivity contribution in [3.63, 3.8) is 0 Å². The SMILES string of the molecule is ClCc1ccc(Nc2ccccc2)c2ccccc12. The topological polar surface area (TPSA) is 12.0 Å². The zero-order valence-corrected chi connectivity index (χ0v) is 11.2. The molecule has 1 nitrogen and oxygen atoms in total. The Balaban J connectivity index is 2.10. The summed E-state index contributed by atoms with van der Waals surface area (Å²) in [6, 6.07) is 22.7. The highest BCUT2D eigenvalue weighted by atomic mass is 35.5. The Bertz CT molecular complexity index is 692. The zero-order chi connectivity index (χ0) is 13.1. The second kappa shape index (κ2) is 5.33. The largest absolute Gasteiger partial charge is 0.355 e. The average molecular weight is 268 g/mol. The quantitative estimate of drug-likeness (QED) is 0.633. The molecule has 0 spiro atoms. The first-order chi connectivity index (χ1) is 9.38. The van der Waals surface area contributed by atoms with Crippen molar-refractivity contribution >= 4 is 33.7 Å². The molecule has 19 heavy (non-hydrogen) atoms. The van der Waals surface area contributed by atoms with Crippen LogP contribution in [0.1, 0.15) is 5.56 Å². The minimum Gasteiger partial charge on any atom is -0.355 e. The molecule has 1 N–H and O–H groups in total. The van der Waals surface area contributed by atoms with Gasteiger partial charge in [0.1, 0.15) is 0 Å². The molecule has 94 valence electrons. The van der Waals surface area contributed by atoms with E-state index in [4.69, 9.17) is 11.6 Å². The molecule has 3 rings (SSSR count). The Kier molecular flexibility index (Phi) is 3.39. The number of benzene rings is 3. The lowest BCUT2D eigenvalue weighted by Crippen LogP contribution is -1.92. The Labute approximate surface area is 117 Å². The van der Waals surface area contributed by atoms with E-state index in [1.54, 1.807) is 0 Å². The van der Waals surface area contributed by atoms with E-state index in [-0.39, 0.29) is 0 Å². The summed E-state index contributed by atoms with van der Waals surface area (Å²) in [5, 5.41) is 5.86. The highest BCUT2D eigenvalue weighted by Gasteiger charge is 2.04. The van der Waals surface area contributed by atoms with Gasteiger partial charge < -0.3 is 5.32 Å². The fourth-order valence-electron chi connectivity index (χ4n) is 2.26. The predicted molar refractivity (Wildman–Crippen MR) is 83.2 cm³/mol. The molecule has 0 bridgehead atoms. The summed E-state index contributed by atoms with van der Waals surface area (Å²) >= 11 is 6.00. The van der Waals surface area contributed by atoms with Crippen molar-refractivity contribution in [3.8, 4) is 0 Å². The van der Waals surface area contributed by atoms with Crippen LogP contribution in [-0.4, -0.2) is 0 Å². The third-order valence-electron chi connectivity index (χ3n) is 3.21. The van der Waals surface area contributed by atoms with Crippen LogP contribution in [0.4, 0.5) is 11.4 Å². The number of rotatable bonds is 3. The van der Waals surface area contributed by atoms with E-state index < -0.39 is 0 Å². The fraction of sp³-hybridized carbons (Fsp3) is 0.0588. The van der Waals surface area contributed by atoms with Crippen LogP contribution in [0.25, 0.3) is 10.8 Å². The highest BCUT2D eigenvalue weighted by molar-refractivity contribution is 6.18. The standard InChI is InChI=1S/C17H14ClN/c18-12-13-10-11-17(16-9-5-4-8-15(13)16)19-14-6-2-1-3-7-14/h1-11,19H,12H2. The van der Waals surface area contributed by atoms with Crippen molar-refractivity contribution in [2.75, 3.05) is 5.32 Å². The molecule has 0 saturated heterocycles. The van der Waals surface area contributed by atoms with Gasteiger partial charge in [-0.05, 0) is 29.1 Å². The van der Waals surface area contributed by atoms with Crippen molar-refractivity contribution in [3.05, 3.63) is 72.3 Å². The molecule has 0 aliphatic rings. The minimum atomic E-state index is 0.534. The van der Waals surface area contributed by atoms with Crippen LogP contribution in [0.5, 0.6) is 0 Å². The molecule has 0 radical (unpaired) electrons. The maximum atomic E-state index is 6.00. The van der Waals surface area contributed by atoms with Crippen LogP contribution in [0.3, 0.4) is 0 Å². The van der Waals surface area contributed by atoms with Crippen LogP contribution < -0.4 is 5.32 Å². The number of para-hydroxylation sites is 1. The first-order valence-electron chi connectivity index (χ1n) is 6.27. The van der Waals surface area contributed by atoms with Gasteiger partial charge in [-0.1, -0.05) is 48.5 Å². The van der Waals surface area contributed by atoms with Gasteiger partial charge in [0.05, 0.1) is 0 Å². The number of alkyl halides is 1. The molecule has 3 aromatic carbocycles. The normalized spacial score (nSPS) is 10.6. The molecule has 3 aromatic rings. The fourth-order valence-corrected chi connectivity index (χ4v) is 2.50. The maximum Gasteiger partial charge on any atom is 0.0480 e. The Morgan fingerprint density at radius 1 is 0.737 bits per heavy atom. The minimum absolute atomic E-state index is 0.534. The third-order valence-corrected chi connectivity index (χ3v) is 3.50. The molecule has 0 aromatic heterocycles. The molecule has 0 aliphatic carbocycles. The first kappa shape index (κ1) is 12.1. The maximum absolute atomic E-state index is 6.00. The van der Waals surface area contributed by atoms with Gasteiger partial charge in [-0.25, -0.2) is 0 Å². The van der Waals surface area contributed by atoms with Crippen molar-refractivity contribution in [1.82, 2.24) is 0 Å². The monoisotopic (exact) mass is 267 g/mol. The van der Waals surface area contributed by atoms with Gasteiger partial charge in [-0.2, -0.15) is 0 Å². The molecule has 0 aliphatic heterocycles. The van der Waals surface area contributed by atoms with Crippen LogP contribution in [0.15, 0.2) is 66.7 Å². The predicted octanol–water partition coefficient (Wildman–Crippen LogP) is 5.32. The van der Waals surface area contributed by atoms with Crippen molar-refractivity contribution < 1.29 is 0 Å². The number of nitrogens with one attached hydrogen (secondary N) is 1. The molecule has 0 heterocycles. The van der Waals surface area contributed by atoms with E-state index in [2.05, 4.69) is 47.8 Å². The highest BCUT2D eigenvalue weighted by Crippen LogP contribution is 2.29. The molecule has 0 fully saturated rings. The van der Waals surface area contributed by atoms with Crippen LogP contribution >= 0.6 is 11.6 Å². The Hall–Kier alpha value is -1.99. The van der Waals surface area contributed by atoms with Gasteiger partial charge in [0, 0.05) is 22.6 Å². The van der Waals surface area contributed by atoms with Crippen LogP contribution in [0.2, 0.25) is 0 Å². The number of halogens is 1. The summed E-state index contributed by atoms with van der Waals surface area (Å²) in [5.41, 5.74) is 3.36. The Morgan fingerprint density at radius 3 is 2.16 bits per heavy atom. The van der Waals surface area contributed by atoms with E-state index >= 15 is 0 Å². The van der Waals surface area contributed by atoms with E-state index in [1.165, 1.54) is 10.8 Å². The summed E-state index contributed by atoms with van der Waals surface area (Å²) in [6.07, 6.45) is 0. The van der Waals surface area contributed by atoms with E-state index in [0.29, 0.717) is 5.88 Å². The van der Waals surface area contributed by atoms with Gasteiger partial charge in [-0.3, -0.25) is 0 Å². The Morgan fingerprint density at radius 2 is 1.42 bits per heavy atom. The lowest BCUT2D eigenvalue weighted by Gasteiger charge is -2.12. The number of anilines is 2. The molecular formula is C17H14ClN. The molecule has 2 heteroatoms.